The molecule has 0 aliphatic rings. The summed E-state index contributed by atoms with van der Waals surface area (Å²) in [6.07, 6.45) is 0.918. The van der Waals surface area contributed by atoms with Crippen molar-refractivity contribution in [2.24, 2.45) is 5.41 Å². The number of benzene rings is 1. The Balaban J connectivity index is 1.57. The van der Waals surface area contributed by atoms with Gasteiger partial charge in [-0.15, -0.1) is 0 Å². The van der Waals surface area contributed by atoms with Crippen LogP contribution < -0.4 is 16.2 Å². The minimum atomic E-state index is -0.167. The van der Waals surface area contributed by atoms with Crippen LogP contribution in [-0.2, 0) is 0 Å². The van der Waals surface area contributed by atoms with Crippen molar-refractivity contribution in [3.05, 3.63) is 58.3 Å². The molecular formula is C21H28N4O2. The largest absolute Gasteiger partial charge is 0.465 e. The Labute approximate surface area is 159 Å². The highest BCUT2D eigenvalue weighted by atomic mass is 16.3. The van der Waals surface area contributed by atoms with Gasteiger partial charge < -0.3 is 15.1 Å². The summed E-state index contributed by atoms with van der Waals surface area (Å²) < 4.78 is 5.84. The van der Waals surface area contributed by atoms with E-state index in [0.717, 1.165) is 36.4 Å². The maximum absolute atomic E-state index is 11.8. The minimum Gasteiger partial charge on any atom is -0.465 e. The molecule has 1 atom stereocenters. The average Bonchev–Trinajstić information content (AvgIpc) is 3.04. The molecule has 0 aliphatic carbocycles. The van der Waals surface area contributed by atoms with Crippen molar-refractivity contribution in [3.63, 3.8) is 0 Å². The number of aromatic amines is 1. The lowest BCUT2D eigenvalue weighted by molar-refractivity contribution is 0.235. The van der Waals surface area contributed by atoms with Crippen LogP contribution in [0.2, 0.25) is 0 Å². The first-order chi connectivity index (χ1) is 12.9. The van der Waals surface area contributed by atoms with Gasteiger partial charge in [0.05, 0.1) is 11.4 Å². The monoisotopic (exact) mass is 368 g/mol. The van der Waals surface area contributed by atoms with E-state index in [0.29, 0.717) is 11.2 Å². The molecule has 0 aliphatic heterocycles. The van der Waals surface area contributed by atoms with Crippen LogP contribution in [0, 0.1) is 12.3 Å². The first kappa shape index (κ1) is 19.2. The Hall–Kier alpha value is -2.60. The number of anilines is 1. The van der Waals surface area contributed by atoms with Crippen LogP contribution in [-0.4, -0.2) is 23.3 Å². The highest BCUT2D eigenvalue weighted by molar-refractivity contribution is 5.90. The third-order valence-corrected chi connectivity index (χ3v) is 4.60. The van der Waals surface area contributed by atoms with Crippen molar-refractivity contribution in [3.8, 4) is 0 Å². The zero-order valence-electron chi connectivity index (χ0n) is 16.4. The van der Waals surface area contributed by atoms with Crippen molar-refractivity contribution in [1.82, 2.24) is 15.5 Å². The fraction of sp³-hybridized carbons (Fsp3) is 0.429. The number of aromatic nitrogens is 2. The summed E-state index contributed by atoms with van der Waals surface area (Å²) in [5.41, 5.74) is -0.117. The van der Waals surface area contributed by atoms with Crippen molar-refractivity contribution >= 4 is 16.6 Å². The zero-order chi connectivity index (χ0) is 19.4. The van der Waals surface area contributed by atoms with Crippen molar-refractivity contribution < 1.29 is 4.42 Å². The van der Waals surface area contributed by atoms with Crippen LogP contribution in [0.1, 0.15) is 44.8 Å². The van der Waals surface area contributed by atoms with E-state index in [1.807, 2.05) is 43.3 Å². The van der Waals surface area contributed by atoms with E-state index in [2.05, 4.69) is 41.6 Å². The van der Waals surface area contributed by atoms with Gasteiger partial charge in [-0.3, -0.25) is 4.79 Å². The van der Waals surface area contributed by atoms with E-state index < -0.39 is 0 Å². The molecular weight excluding hydrogens is 340 g/mol. The fourth-order valence-corrected chi connectivity index (χ4v) is 3.23. The average molecular weight is 368 g/mol. The summed E-state index contributed by atoms with van der Waals surface area (Å²) in [7, 11) is 0. The standard InChI is InChI=1S/C21H28N4O2/c1-14-10-11-17(27-14)18(21(2,3)4)22-12-7-13-23-19-15-8-5-6-9-16(15)20(26)25-24-19/h5-6,8-11,18,22H,7,12-13H2,1-4H3,(H,23,24)(H,25,26). The summed E-state index contributed by atoms with van der Waals surface area (Å²) >= 11 is 0. The van der Waals surface area contributed by atoms with Gasteiger partial charge in [0.1, 0.15) is 11.5 Å². The van der Waals surface area contributed by atoms with Crippen molar-refractivity contribution in [2.75, 3.05) is 18.4 Å². The minimum absolute atomic E-state index is 0.0500. The Morgan fingerprint density at radius 1 is 1.11 bits per heavy atom. The lowest BCUT2D eigenvalue weighted by Gasteiger charge is -2.30. The first-order valence-corrected chi connectivity index (χ1v) is 9.37. The molecule has 2 aromatic heterocycles. The van der Waals surface area contributed by atoms with Gasteiger partial charge >= 0.3 is 0 Å². The number of hydrogen-bond donors (Lipinski definition) is 3. The number of rotatable bonds is 7. The van der Waals surface area contributed by atoms with Crippen molar-refractivity contribution in [1.29, 1.82) is 0 Å². The molecule has 3 rings (SSSR count). The smallest absolute Gasteiger partial charge is 0.272 e. The van der Waals surface area contributed by atoms with Gasteiger partial charge in [0.25, 0.3) is 5.56 Å². The predicted molar refractivity (Wildman–Crippen MR) is 109 cm³/mol. The molecule has 1 unspecified atom stereocenters. The molecule has 144 valence electrons. The Kier molecular flexibility index (Phi) is 5.65. The molecule has 0 saturated carbocycles. The zero-order valence-corrected chi connectivity index (χ0v) is 16.4. The molecule has 6 nitrogen and oxygen atoms in total. The highest BCUT2D eigenvalue weighted by Gasteiger charge is 2.28. The van der Waals surface area contributed by atoms with Gasteiger partial charge in [-0.2, -0.15) is 5.10 Å². The molecule has 6 heteroatoms. The van der Waals surface area contributed by atoms with Crippen LogP contribution in [0.25, 0.3) is 10.8 Å². The van der Waals surface area contributed by atoms with E-state index >= 15 is 0 Å². The van der Waals surface area contributed by atoms with Crippen LogP contribution in [0.5, 0.6) is 0 Å². The summed E-state index contributed by atoms with van der Waals surface area (Å²) in [6.45, 7) is 10.2. The fourth-order valence-electron chi connectivity index (χ4n) is 3.23. The third-order valence-electron chi connectivity index (χ3n) is 4.60. The SMILES string of the molecule is Cc1ccc(C(NCCCNc2n[nH]c(=O)c3ccccc23)C(C)(C)C)o1. The van der Waals surface area contributed by atoms with Gasteiger partial charge in [0, 0.05) is 11.9 Å². The molecule has 0 amide bonds. The van der Waals surface area contributed by atoms with E-state index in [1.165, 1.54) is 0 Å². The second kappa shape index (κ2) is 7.96. The lowest BCUT2D eigenvalue weighted by Crippen LogP contribution is -2.33. The molecule has 2 heterocycles. The number of furan rings is 1. The van der Waals surface area contributed by atoms with E-state index in [1.54, 1.807) is 0 Å². The summed E-state index contributed by atoms with van der Waals surface area (Å²) in [5, 5.41) is 15.1. The normalized spacial score (nSPS) is 13.0. The summed E-state index contributed by atoms with van der Waals surface area (Å²) in [6, 6.07) is 11.7. The first-order valence-electron chi connectivity index (χ1n) is 9.37. The quantitative estimate of drug-likeness (QED) is 0.549. The number of fused-ring (bicyclic) bond motifs is 1. The number of hydrogen-bond acceptors (Lipinski definition) is 5. The predicted octanol–water partition coefficient (Wildman–Crippen LogP) is 4.00. The van der Waals surface area contributed by atoms with Gasteiger partial charge in [0.15, 0.2) is 5.82 Å². The van der Waals surface area contributed by atoms with E-state index in [9.17, 15) is 4.79 Å². The second-order valence-corrected chi connectivity index (χ2v) is 7.93. The van der Waals surface area contributed by atoms with Gasteiger partial charge in [0.2, 0.25) is 0 Å². The lowest BCUT2D eigenvalue weighted by atomic mass is 9.85. The van der Waals surface area contributed by atoms with E-state index in [-0.39, 0.29) is 17.0 Å². The van der Waals surface area contributed by atoms with Crippen LogP contribution >= 0.6 is 0 Å². The molecule has 0 fully saturated rings. The van der Waals surface area contributed by atoms with Crippen LogP contribution in [0.4, 0.5) is 5.82 Å². The Morgan fingerprint density at radius 2 is 1.85 bits per heavy atom. The van der Waals surface area contributed by atoms with Crippen LogP contribution in [0.15, 0.2) is 45.6 Å². The third kappa shape index (κ3) is 4.57. The number of H-pyrrole nitrogens is 1. The summed E-state index contributed by atoms with van der Waals surface area (Å²) in [5.74, 6) is 2.61. The molecule has 1 aromatic carbocycles. The topological polar surface area (TPSA) is 83.0 Å². The van der Waals surface area contributed by atoms with Gasteiger partial charge in [-0.25, -0.2) is 5.10 Å². The van der Waals surface area contributed by atoms with Gasteiger partial charge in [-0.05, 0) is 43.5 Å². The van der Waals surface area contributed by atoms with Crippen LogP contribution in [0.3, 0.4) is 0 Å². The maximum atomic E-state index is 11.8. The molecule has 0 saturated heterocycles. The number of nitrogens with one attached hydrogen (secondary N) is 3. The van der Waals surface area contributed by atoms with Crippen molar-refractivity contribution in [2.45, 2.75) is 40.2 Å². The summed E-state index contributed by atoms with van der Waals surface area (Å²) in [4.78, 5) is 11.8. The number of nitrogens with zero attached hydrogens (tertiary/aromatic N) is 1. The Bertz CT molecular complexity index is 952. The maximum Gasteiger partial charge on any atom is 0.272 e. The number of aryl methyl sites for hydroxylation is 1. The second-order valence-electron chi connectivity index (χ2n) is 7.93. The van der Waals surface area contributed by atoms with Gasteiger partial charge in [-0.1, -0.05) is 39.0 Å². The van der Waals surface area contributed by atoms with E-state index in [4.69, 9.17) is 4.42 Å². The highest BCUT2D eigenvalue weighted by Crippen LogP contribution is 2.33. The molecule has 3 N–H and O–H groups in total. The molecule has 3 aromatic rings. The Morgan fingerprint density at radius 3 is 2.52 bits per heavy atom. The molecule has 0 bridgehead atoms. The molecule has 27 heavy (non-hydrogen) atoms. The molecule has 0 radical (unpaired) electrons. The molecule has 0 spiro atoms.